The van der Waals surface area contributed by atoms with Crippen LogP contribution in [0.15, 0.2) is 18.2 Å². The number of aromatic amines is 1. The molecule has 1 amide bonds. The minimum atomic E-state index is -2.41. The summed E-state index contributed by atoms with van der Waals surface area (Å²) in [5, 5.41) is 16.2. The number of methoxy groups -OCH3 is 4. The molecule has 0 saturated carbocycles. The predicted molar refractivity (Wildman–Crippen MR) is 179 cm³/mol. The zero-order chi connectivity index (χ0) is 33.2. The molecule has 2 aliphatic heterocycles. The number of benzene rings is 2. The van der Waals surface area contributed by atoms with E-state index < -0.39 is 25.9 Å². The number of halogens is 1. The molecule has 0 spiro atoms. The Morgan fingerprint density at radius 3 is 2.27 bits per heavy atom. The Hall–Kier alpha value is -3.42. The lowest BCUT2D eigenvalue weighted by molar-refractivity contribution is -0.149. The number of alkyl halides is 1. The number of anilines is 2. The standard InChI is InChI=1S/C32H42BrN3O8Si/c1-31(2,3)45(9,10)44-20-13-19-22(23-25(20)35-32(4,28(23)37)30(39)43-8)17(14-33)15-36(19)29(38)18-11-16-12-21(40-5)26(41-6)27(42-7)24(16)34-18/h11-13,17,28,34-35,37H,14-15H2,1-10H3/t17-,28-,32-/m1/s1. The number of fused-ring (bicyclic) bond motifs is 4. The van der Waals surface area contributed by atoms with E-state index in [0.717, 1.165) is 5.56 Å². The first-order valence-electron chi connectivity index (χ1n) is 14.7. The van der Waals surface area contributed by atoms with Crippen LogP contribution in [0.5, 0.6) is 23.0 Å². The van der Waals surface area contributed by atoms with Crippen molar-refractivity contribution in [2.45, 2.75) is 63.4 Å². The fourth-order valence-corrected chi connectivity index (χ4v) is 7.52. The largest absolute Gasteiger partial charge is 0.542 e. The molecule has 3 N–H and O–H groups in total. The summed E-state index contributed by atoms with van der Waals surface area (Å²) in [6.07, 6.45) is -1.24. The number of H-pyrrole nitrogens is 1. The van der Waals surface area contributed by atoms with Crippen LogP contribution in [0, 0.1) is 0 Å². The summed E-state index contributed by atoms with van der Waals surface area (Å²) in [5.41, 5.74) is 1.98. The van der Waals surface area contributed by atoms with Crippen molar-refractivity contribution in [2.75, 3.05) is 50.5 Å². The predicted octanol–water partition coefficient (Wildman–Crippen LogP) is 6.11. The second-order valence-electron chi connectivity index (χ2n) is 13.2. The molecule has 5 rings (SSSR count). The van der Waals surface area contributed by atoms with Crippen molar-refractivity contribution in [3.8, 4) is 23.0 Å². The van der Waals surface area contributed by atoms with E-state index in [2.05, 4.69) is 60.1 Å². The molecule has 3 aromatic rings. The minimum Gasteiger partial charge on any atom is -0.542 e. The second kappa shape index (κ2) is 11.4. The van der Waals surface area contributed by atoms with Gasteiger partial charge in [0.1, 0.15) is 17.5 Å². The maximum absolute atomic E-state index is 14.4. The number of rotatable bonds is 8. The number of aliphatic hydroxyl groups excluding tert-OH is 1. The lowest BCUT2D eigenvalue weighted by atomic mass is 9.88. The van der Waals surface area contributed by atoms with Crippen molar-refractivity contribution >= 4 is 58.4 Å². The molecule has 0 fully saturated rings. The summed E-state index contributed by atoms with van der Waals surface area (Å²) in [6, 6.07) is 5.42. The van der Waals surface area contributed by atoms with Crippen LogP contribution in [-0.2, 0) is 9.53 Å². The van der Waals surface area contributed by atoms with E-state index in [-0.39, 0.29) is 16.9 Å². The van der Waals surface area contributed by atoms with Gasteiger partial charge in [-0.3, -0.25) is 4.79 Å². The molecule has 11 nitrogen and oxygen atoms in total. The molecule has 0 saturated heterocycles. The third kappa shape index (κ3) is 5.03. The lowest BCUT2D eigenvalue weighted by Gasteiger charge is -2.37. The zero-order valence-electron chi connectivity index (χ0n) is 27.4. The van der Waals surface area contributed by atoms with Crippen LogP contribution in [-0.4, -0.2) is 76.1 Å². The Morgan fingerprint density at radius 2 is 1.71 bits per heavy atom. The Labute approximate surface area is 272 Å². The topological polar surface area (TPSA) is 132 Å². The first-order chi connectivity index (χ1) is 21.1. The summed E-state index contributed by atoms with van der Waals surface area (Å²) in [7, 11) is 3.49. The number of nitrogens with one attached hydrogen (secondary N) is 2. The summed E-state index contributed by atoms with van der Waals surface area (Å²) in [5.74, 6) is 0.757. The highest BCUT2D eigenvalue weighted by molar-refractivity contribution is 9.09. The molecule has 244 valence electrons. The zero-order valence-corrected chi connectivity index (χ0v) is 30.0. The van der Waals surface area contributed by atoms with Crippen molar-refractivity contribution in [1.82, 2.24) is 4.98 Å². The van der Waals surface area contributed by atoms with E-state index in [0.29, 0.717) is 68.4 Å². The molecule has 0 aliphatic carbocycles. The average Bonchev–Trinajstić information content (AvgIpc) is 3.66. The van der Waals surface area contributed by atoms with E-state index in [9.17, 15) is 14.7 Å². The number of hydrogen-bond acceptors (Lipinski definition) is 9. The van der Waals surface area contributed by atoms with Crippen LogP contribution >= 0.6 is 15.9 Å². The molecule has 13 heteroatoms. The molecule has 0 unspecified atom stereocenters. The number of aliphatic hydroxyl groups is 1. The normalized spacial score (nSPS) is 20.8. The van der Waals surface area contributed by atoms with Crippen molar-refractivity contribution in [3.63, 3.8) is 0 Å². The van der Waals surface area contributed by atoms with Gasteiger partial charge in [-0.15, -0.1) is 0 Å². The van der Waals surface area contributed by atoms with Gasteiger partial charge in [-0.1, -0.05) is 36.7 Å². The molecule has 0 radical (unpaired) electrons. The summed E-state index contributed by atoms with van der Waals surface area (Å²) >= 11 is 3.64. The number of nitrogens with zero attached hydrogens (tertiary/aromatic N) is 1. The number of aromatic nitrogens is 1. The van der Waals surface area contributed by atoms with Gasteiger partial charge in [0.15, 0.2) is 17.0 Å². The van der Waals surface area contributed by atoms with Gasteiger partial charge < -0.3 is 43.7 Å². The van der Waals surface area contributed by atoms with Crippen molar-refractivity contribution < 1.29 is 38.1 Å². The first kappa shape index (κ1) is 33.0. The van der Waals surface area contributed by atoms with Gasteiger partial charge in [-0.05, 0) is 42.8 Å². The maximum atomic E-state index is 14.4. The monoisotopic (exact) mass is 703 g/mol. The average molecular weight is 705 g/mol. The molecule has 3 heterocycles. The van der Waals surface area contributed by atoms with Crippen LogP contribution in [0.1, 0.15) is 61.3 Å². The Morgan fingerprint density at radius 1 is 1.04 bits per heavy atom. The van der Waals surface area contributed by atoms with Gasteiger partial charge in [-0.25, -0.2) is 4.79 Å². The van der Waals surface area contributed by atoms with Gasteiger partial charge in [0, 0.05) is 34.8 Å². The van der Waals surface area contributed by atoms with E-state index in [1.807, 2.05) is 6.07 Å². The Bertz CT molecular complexity index is 1680. The van der Waals surface area contributed by atoms with Gasteiger partial charge >= 0.3 is 5.97 Å². The number of amides is 1. The lowest BCUT2D eigenvalue weighted by Crippen LogP contribution is -2.46. The van der Waals surface area contributed by atoms with Crippen LogP contribution in [0.3, 0.4) is 0 Å². The fraction of sp³-hybridized carbons (Fsp3) is 0.500. The first-order valence-corrected chi connectivity index (χ1v) is 18.7. The molecular weight excluding hydrogens is 662 g/mol. The molecular formula is C32H42BrN3O8Si. The van der Waals surface area contributed by atoms with E-state index in [4.69, 9.17) is 23.4 Å². The van der Waals surface area contributed by atoms with Gasteiger partial charge in [-0.2, -0.15) is 0 Å². The molecule has 2 aromatic carbocycles. The SMILES string of the molecule is COC(=O)[C@]1(C)Nc2c(O[Si](C)(C)C(C)(C)C)cc3c(c2[C@H]1O)[C@H](CBr)CN3C(=O)c1cc2cc(OC)c(OC)c(OC)c2[nH]1. The Kier molecular flexibility index (Phi) is 8.37. The maximum Gasteiger partial charge on any atom is 0.334 e. The smallest absolute Gasteiger partial charge is 0.334 e. The second-order valence-corrected chi connectivity index (χ2v) is 18.6. The molecule has 0 bridgehead atoms. The highest BCUT2D eigenvalue weighted by Gasteiger charge is 2.54. The fourth-order valence-electron chi connectivity index (χ4n) is 5.98. The van der Waals surface area contributed by atoms with Gasteiger partial charge in [0.2, 0.25) is 5.75 Å². The quantitative estimate of drug-likeness (QED) is 0.145. The van der Waals surface area contributed by atoms with Crippen LogP contribution < -0.4 is 28.9 Å². The molecule has 45 heavy (non-hydrogen) atoms. The third-order valence-electron chi connectivity index (χ3n) is 9.52. The van der Waals surface area contributed by atoms with E-state index >= 15 is 0 Å². The highest BCUT2D eigenvalue weighted by Crippen LogP contribution is 2.56. The number of carbonyl (C=O) groups is 2. The van der Waals surface area contributed by atoms with Crippen molar-refractivity contribution in [3.05, 3.63) is 35.0 Å². The van der Waals surface area contributed by atoms with E-state index in [1.165, 1.54) is 21.3 Å². The molecule has 1 aromatic heterocycles. The number of carbonyl (C=O) groups excluding carboxylic acids is 2. The van der Waals surface area contributed by atoms with Gasteiger partial charge in [0.05, 0.1) is 45.3 Å². The van der Waals surface area contributed by atoms with Crippen molar-refractivity contribution in [1.29, 1.82) is 0 Å². The van der Waals surface area contributed by atoms with Crippen molar-refractivity contribution in [2.24, 2.45) is 0 Å². The highest BCUT2D eigenvalue weighted by atomic mass is 79.9. The van der Waals surface area contributed by atoms with Crippen LogP contribution in [0.2, 0.25) is 18.1 Å². The van der Waals surface area contributed by atoms with Crippen LogP contribution in [0.25, 0.3) is 10.9 Å². The van der Waals surface area contributed by atoms with Crippen LogP contribution in [0.4, 0.5) is 11.4 Å². The Balaban J connectivity index is 1.70. The molecule has 2 aliphatic rings. The minimum absolute atomic E-state index is 0.138. The number of esters is 1. The summed E-state index contributed by atoms with van der Waals surface area (Å²) in [4.78, 5) is 32.3. The summed E-state index contributed by atoms with van der Waals surface area (Å²) < 4.78 is 28.6. The molecule has 3 atom stereocenters. The third-order valence-corrected chi connectivity index (χ3v) is 14.6. The number of ether oxygens (including phenoxy) is 4. The number of hydrogen-bond donors (Lipinski definition) is 3. The van der Waals surface area contributed by atoms with Gasteiger partial charge in [0.25, 0.3) is 14.2 Å². The van der Waals surface area contributed by atoms with E-state index in [1.54, 1.807) is 31.1 Å². The summed E-state index contributed by atoms with van der Waals surface area (Å²) in [6.45, 7) is 12.6.